The van der Waals surface area contributed by atoms with Gasteiger partial charge in [0.25, 0.3) is 0 Å². The molecule has 2 amide bonds. The molecule has 0 saturated heterocycles. The summed E-state index contributed by atoms with van der Waals surface area (Å²) in [5.74, 6) is 0.563. The molecule has 3 aromatic rings. The molecular formula is C19H15Cl2N5O2. The van der Waals surface area contributed by atoms with Gasteiger partial charge in [-0.1, -0.05) is 23.2 Å². The molecule has 1 aliphatic heterocycles. The summed E-state index contributed by atoms with van der Waals surface area (Å²) in [4.78, 5) is 18.4. The lowest BCUT2D eigenvalue weighted by Gasteiger charge is -2.24. The molecule has 1 aliphatic rings. The number of halogens is 2. The predicted molar refractivity (Wildman–Crippen MR) is 110 cm³/mol. The van der Waals surface area contributed by atoms with Crippen molar-refractivity contribution in [3.05, 3.63) is 75.6 Å². The van der Waals surface area contributed by atoms with Crippen LogP contribution in [-0.4, -0.2) is 12.7 Å². The Labute approximate surface area is 170 Å². The Morgan fingerprint density at radius 1 is 1.11 bits per heavy atom. The summed E-state index contributed by atoms with van der Waals surface area (Å²) in [6.07, 6.45) is 1.56. The number of nitrogens with zero attached hydrogens (tertiary/aromatic N) is 2. The third kappa shape index (κ3) is 3.62. The molecule has 4 rings (SSSR count). The van der Waals surface area contributed by atoms with Crippen LogP contribution < -0.4 is 32.0 Å². The van der Waals surface area contributed by atoms with Gasteiger partial charge in [0.1, 0.15) is 12.5 Å². The molecule has 142 valence electrons. The zero-order chi connectivity index (χ0) is 19.7. The highest BCUT2D eigenvalue weighted by atomic mass is 35.5. The average molecular weight is 416 g/mol. The van der Waals surface area contributed by atoms with Gasteiger partial charge in [0.2, 0.25) is 5.55 Å². The smallest absolute Gasteiger partial charge is 0.323 e. The summed E-state index contributed by atoms with van der Waals surface area (Å²) in [5.41, 5.74) is 8.63. The van der Waals surface area contributed by atoms with Gasteiger partial charge in [-0.15, -0.1) is 0 Å². The molecule has 0 unspecified atom stereocenters. The van der Waals surface area contributed by atoms with Crippen molar-refractivity contribution in [3.63, 3.8) is 0 Å². The van der Waals surface area contributed by atoms with Gasteiger partial charge < -0.3 is 25.7 Å². The summed E-state index contributed by atoms with van der Waals surface area (Å²) in [5, 5.41) is 7.04. The molecule has 0 radical (unpaired) electrons. The number of furan rings is 1. The zero-order valence-electron chi connectivity index (χ0n) is 14.4. The molecule has 0 fully saturated rings. The first kappa shape index (κ1) is 18.2. The van der Waals surface area contributed by atoms with Crippen molar-refractivity contribution in [2.24, 2.45) is 10.7 Å². The highest BCUT2D eigenvalue weighted by Gasteiger charge is 2.15. The number of nitrogens with two attached hydrogens (primary N) is 1. The Morgan fingerprint density at radius 3 is 2.68 bits per heavy atom. The first-order chi connectivity index (χ1) is 13.5. The quantitative estimate of drug-likeness (QED) is 0.610. The minimum atomic E-state index is -0.431. The maximum atomic E-state index is 12.2. The number of hydrogen-bond donors (Lipinski definition) is 3. The van der Waals surface area contributed by atoms with Gasteiger partial charge in [-0.05, 0) is 48.5 Å². The largest absolute Gasteiger partial charge is 0.446 e. The molecule has 0 spiro atoms. The lowest BCUT2D eigenvalue weighted by atomic mass is 10.2. The molecule has 0 saturated carbocycles. The van der Waals surface area contributed by atoms with E-state index in [0.717, 1.165) is 10.9 Å². The molecule has 4 N–H and O–H groups in total. The second-order valence-corrected chi connectivity index (χ2v) is 6.85. The van der Waals surface area contributed by atoms with E-state index in [4.69, 9.17) is 33.4 Å². The van der Waals surface area contributed by atoms with Crippen LogP contribution in [-0.2, 0) is 0 Å². The Hall–Kier alpha value is -3.16. The Bertz CT molecular complexity index is 1160. The number of nitrogens with one attached hydrogen (secondary N) is 2. The maximum absolute atomic E-state index is 12.2. The second-order valence-electron chi connectivity index (χ2n) is 6.00. The number of rotatable bonds is 3. The predicted octanol–water partition coefficient (Wildman–Crippen LogP) is 3.35. The standard InChI is InChI=1S/C19H15Cl2N5O2/c20-11-1-6-15(21)16(9-11)25-19(27)24-12-2-4-13(5-3-12)26-10-23-18-14(17(26)22)7-8-28-18/h1-9H,10,22H2,(H2,24,25,27). The third-order valence-corrected chi connectivity index (χ3v) is 4.75. The fourth-order valence-corrected chi connectivity index (χ4v) is 3.14. The van der Waals surface area contributed by atoms with Crippen LogP contribution in [0.1, 0.15) is 0 Å². The van der Waals surface area contributed by atoms with E-state index in [1.165, 1.54) is 0 Å². The Morgan fingerprint density at radius 2 is 1.89 bits per heavy atom. The normalized spacial score (nSPS) is 12.9. The summed E-state index contributed by atoms with van der Waals surface area (Å²) in [7, 11) is 0. The summed E-state index contributed by atoms with van der Waals surface area (Å²) < 4.78 is 5.27. The minimum absolute atomic E-state index is 0.354. The third-order valence-electron chi connectivity index (χ3n) is 4.18. The number of carbonyl (C=O) groups excluding carboxylic acids is 1. The van der Waals surface area contributed by atoms with E-state index in [1.54, 1.807) is 42.7 Å². The molecule has 0 aliphatic carbocycles. The number of anilines is 3. The fraction of sp³-hybridized carbons (Fsp3) is 0.0526. The number of hydrogen-bond acceptors (Lipinski definition) is 5. The Kier molecular flexibility index (Phi) is 4.85. The molecule has 2 aromatic carbocycles. The van der Waals surface area contributed by atoms with E-state index in [9.17, 15) is 4.79 Å². The fourth-order valence-electron chi connectivity index (χ4n) is 2.80. The van der Waals surface area contributed by atoms with E-state index in [0.29, 0.717) is 39.5 Å². The van der Waals surface area contributed by atoms with Crippen LogP contribution in [0.5, 0.6) is 0 Å². The van der Waals surface area contributed by atoms with Crippen molar-refractivity contribution in [1.82, 2.24) is 0 Å². The van der Waals surface area contributed by atoms with Gasteiger partial charge in [0, 0.05) is 16.4 Å². The number of amides is 2. The number of fused-ring (bicyclic) bond motifs is 1. The van der Waals surface area contributed by atoms with Crippen LogP contribution in [0.3, 0.4) is 0 Å². The van der Waals surface area contributed by atoms with Crippen LogP contribution >= 0.6 is 23.2 Å². The molecular weight excluding hydrogens is 401 g/mol. The van der Waals surface area contributed by atoms with Crippen molar-refractivity contribution in [1.29, 1.82) is 0 Å². The maximum Gasteiger partial charge on any atom is 0.323 e. The average Bonchev–Trinajstić information content (AvgIpc) is 3.16. The molecule has 0 bridgehead atoms. The molecule has 28 heavy (non-hydrogen) atoms. The van der Waals surface area contributed by atoms with Crippen LogP contribution in [0.4, 0.5) is 21.9 Å². The second kappa shape index (κ2) is 7.46. The first-order valence-corrected chi connectivity index (χ1v) is 9.05. The van der Waals surface area contributed by atoms with Crippen molar-refractivity contribution < 1.29 is 9.21 Å². The summed E-state index contributed by atoms with van der Waals surface area (Å²) in [6.45, 7) is 0.354. The van der Waals surface area contributed by atoms with Crippen LogP contribution in [0, 0.1) is 0 Å². The first-order valence-electron chi connectivity index (χ1n) is 8.30. The molecule has 2 heterocycles. The van der Waals surface area contributed by atoms with Gasteiger partial charge in [-0.3, -0.25) is 0 Å². The van der Waals surface area contributed by atoms with Crippen LogP contribution in [0.25, 0.3) is 5.82 Å². The highest BCUT2D eigenvalue weighted by molar-refractivity contribution is 6.35. The van der Waals surface area contributed by atoms with Gasteiger partial charge in [0.15, 0.2) is 0 Å². The number of urea groups is 1. The van der Waals surface area contributed by atoms with Crippen molar-refractivity contribution in [2.75, 3.05) is 22.2 Å². The molecule has 7 nitrogen and oxygen atoms in total. The van der Waals surface area contributed by atoms with Gasteiger partial charge in [-0.25, -0.2) is 9.79 Å². The summed E-state index contributed by atoms with van der Waals surface area (Å²) in [6, 6.07) is 13.4. The van der Waals surface area contributed by atoms with Crippen molar-refractivity contribution in [2.45, 2.75) is 0 Å². The van der Waals surface area contributed by atoms with Gasteiger partial charge in [0.05, 0.1) is 22.2 Å². The zero-order valence-corrected chi connectivity index (χ0v) is 16.0. The van der Waals surface area contributed by atoms with Crippen LogP contribution in [0.2, 0.25) is 10.0 Å². The summed E-state index contributed by atoms with van der Waals surface area (Å²) >= 11 is 12.0. The lowest BCUT2D eigenvalue weighted by molar-refractivity contribution is 0.262. The molecule has 9 heteroatoms. The Balaban J connectivity index is 1.47. The highest BCUT2D eigenvalue weighted by Crippen LogP contribution is 2.26. The van der Waals surface area contributed by atoms with E-state index >= 15 is 0 Å². The van der Waals surface area contributed by atoms with E-state index in [-0.39, 0.29) is 0 Å². The SMILES string of the molecule is NC1=c2ccoc2=NCN1c1ccc(NC(=O)Nc2cc(Cl)ccc2Cl)cc1. The topological polar surface area (TPSA) is 95.9 Å². The molecule has 1 aromatic heterocycles. The van der Waals surface area contributed by atoms with Crippen molar-refractivity contribution >= 4 is 52.1 Å². The van der Waals surface area contributed by atoms with Gasteiger partial charge >= 0.3 is 6.03 Å². The minimum Gasteiger partial charge on any atom is -0.446 e. The van der Waals surface area contributed by atoms with E-state index in [2.05, 4.69) is 15.6 Å². The molecule has 0 atom stereocenters. The van der Waals surface area contributed by atoms with E-state index in [1.807, 2.05) is 17.0 Å². The van der Waals surface area contributed by atoms with Crippen molar-refractivity contribution in [3.8, 4) is 0 Å². The monoisotopic (exact) mass is 415 g/mol. The number of benzene rings is 2. The van der Waals surface area contributed by atoms with E-state index < -0.39 is 6.03 Å². The lowest BCUT2D eigenvalue weighted by Crippen LogP contribution is -2.42. The number of carbonyl (C=O) groups is 1. The van der Waals surface area contributed by atoms with Gasteiger partial charge in [-0.2, -0.15) is 0 Å². The van der Waals surface area contributed by atoms with Crippen LogP contribution in [0.15, 0.2) is 64.2 Å².